The van der Waals surface area contributed by atoms with Gasteiger partial charge >= 0.3 is 0 Å². The molecule has 0 unspecified atom stereocenters. The van der Waals surface area contributed by atoms with Crippen LogP contribution in [-0.2, 0) is 0 Å². The fraction of sp³-hybridized carbons (Fsp3) is 0.615. The Morgan fingerprint density at radius 1 is 1.47 bits per heavy atom. The SMILES string of the molecule is CN1CCC(CN(C)c2ncccc2N)CC1. The van der Waals surface area contributed by atoms with Crippen molar-refractivity contribution in [3.05, 3.63) is 18.3 Å². The van der Waals surface area contributed by atoms with Crippen LogP contribution in [0.4, 0.5) is 11.5 Å². The van der Waals surface area contributed by atoms with Gasteiger partial charge in [0.05, 0.1) is 5.69 Å². The van der Waals surface area contributed by atoms with E-state index in [9.17, 15) is 0 Å². The number of likely N-dealkylation sites (tertiary alicyclic amines) is 1. The Kier molecular flexibility index (Phi) is 3.84. The van der Waals surface area contributed by atoms with Crippen LogP contribution in [0.1, 0.15) is 12.8 Å². The minimum Gasteiger partial charge on any atom is -0.396 e. The maximum absolute atomic E-state index is 5.94. The third kappa shape index (κ3) is 3.09. The number of nitrogens with zero attached hydrogens (tertiary/aromatic N) is 3. The Hall–Kier alpha value is -1.29. The summed E-state index contributed by atoms with van der Waals surface area (Å²) < 4.78 is 0. The summed E-state index contributed by atoms with van der Waals surface area (Å²) >= 11 is 0. The molecule has 17 heavy (non-hydrogen) atoms. The van der Waals surface area contributed by atoms with Crippen molar-refractivity contribution in [1.29, 1.82) is 0 Å². The minimum atomic E-state index is 0.762. The minimum absolute atomic E-state index is 0.762. The molecule has 2 heterocycles. The number of hydrogen-bond donors (Lipinski definition) is 1. The van der Waals surface area contributed by atoms with Gasteiger partial charge in [0.1, 0.15) is 0 Å². The molecule has 0 bridgehead atoms. The summed E-state index contributed by atoms with van der Waals surface area (Å²) in [4.78, 5) is 8.93. The number of pyridine rings is 1. The smallest absolute Gasteiger partial charge is 0.151 e. The third-order valence-corrected chi connectivity index (χ3v) is 3.55. The van der Waals surface area contributed by atoms with E-state index in [2.05, 4.69) is 28.9 Å². The number of piperidine rings is 1. The van der Waals surface area contributed by atoms with Crippen molar-refractivity contribution < 1.29 is 0 Å². The van der Waals surface area contributed by atoms with E-state index in [-0.39, 0.29) is 0 Å². The van der Waals surface area contributed by atoms with Crippen LogP contribution in [0.25, 0.3) is 0 Å². The summed E-state index contributed by atoms with van der Waals surface area (Å²) in [5.41, 5.74) is 6.70. The molecule has 1 aromatic rings. The second-order valence-electron chi connectivity index (χ2n) is 5.04. The molecule has 0 atom stereocenters. The van der Waals surface area contributed by atoms with E-state index in [1.165, 1.54) is 25.9 Å². The first-order valence-electron chi connectivity index (χ1n) is 6.27. The predicted molar refractivity (Wildman–Crippen MR) is 72.1 cm³/mol. The van der Waals surface area contributed by atoms with Crippen molar-refractivity contribution in [1.82, 2.24) is 9.88 Å². The zero-order valence-corrected chi connectivity index (χ0v) is 10.8. The molecule has 2 N–H and O–H groups in total. The van der Waals surface area contributed by atoms with E-state index >= 15 is 0 Å². The zero-order valence-electron chi connectivity index (χ0n) is 10.8. The second-order valence-corrected chi connectivity index (χ2v) is 5.04. The van der Waals surface area contributed by atoms with Gasteiger partial charge in [0, 0.05) is 19.8 Å². The average Bonchev–Trinajstić information content (AvgIpc) is 2.32. The van der Waals surface area contributed by atoms with E-state index in [1.54, 1.807) is 6.20 Å². The number of nitrogen functional groups attached to an aromatic ring is 1. The van der Waals surface area contributed by atoms with Crippen molar-refractivity contribution in [2.45, 2.75) is 12.8 Å². The van der Waals surface area contributed by atoms with E-state index < -0.39 is 0 Å². The molecule has 4 heteroatoms. The van der Waals surface area contributed by atoms with Crippen LogP contribution in [0.5, 0.6) is 0 Å². The van der Waals surface area contributed by atoms with Crippen molar-refractivity contribution in [3.63, 3.8) is 0 Å². The summed E-state index contributed by atoms with van der Waals surface area (Å²) in [6.45, 7) is 3.46. The molecule has 1 aliphatic rings. The summed E-state index contributed by atoms with van der Waals surface area (Å²) in [5.74, 6) is 1.67. The van der Waals surface area contributed by atoms with Gasteiger partial charge in [-0.2, -0.15) is 0 Å². The maximum Gasteiger partial charge on any atom is 0.151 e. The summed E-state index contributed by atoms with van der Waals surface area (Å²) in [7, 11) is 4.27. The van der Waals surface area contributed by atoms with Gasteiger partial charge < -0.3 is 15.5 Å². The first-order valence-corrected chi connectivity index (χ1v) is 6.27. The molecule has 0 saturated carbocycles. The van der Waals surface area contributed by atoms with E-state index in [0.717, 1.165) is 24.0 Å². The van der Waals surface area contributed by atoms with Crippen LogP contribution >= 0.6 is 0 Å². The van der Waals surface area contributed by atoms with Crippen LogP contribution in [0, 0.1) is 5.92 Å². The van der Waals surface area contributed by atoms with E-state index in [1.807, 2.05) is 12.1 Å². The summed E-state index contributed by atoms with van der Waals surface area (Å²) in [6.07, 6.45) is 4.35. The normalized spacial score (nSPS) is 18.2. The lowest BCUT2D eigenvalue weighted by Gasteiger charge is -2.32. The number of nitrogens with two attached hydrogens (primary N) is 1. The molecule has 1 fully saturated rings. The van der Waals surface area contributed by atoms with Crippen LogP contribution < -0.4 is 10.6 Å². The number of anilines is 2. The van der Waals surface area contributed by atoms with Crippen molar-refractivity contribution in [2.75, 3.05) is 44.4 Å². The number of aromatic nitrogens is 1. The summed E-state index contributed by atoms with van der Waals surface area (Å²) in [6, 6.07) is 3.79. The Bertz CT molecular complexity index is 358. The molecular weight excluding hydrogens is 212 g/mol. The molecular formula is C13H22N4. The van der Waals surface area contributed by atoms with Gasteiger partial charge in [0.2, 0.25) is 0 Å². The van der Waals surface area contributed by atoms with Crippen molar-refractivity contribution >= 4 is 11.5 Å². The highest BCUT2D eigenvalue weighted by Gasteiger charge is 2.19. The van der Waals surface area contributed by atoms with Gasteiger partial charge in [-0.1, -0.05) is 0 Å². The van der Waals surface area contributed by atoms with Gasteiger partial charge in [-0.25, -0.2) is 4.98 Å². The fourth-order valence-electron chi connectivity index (χ4n) is 2.45. The van der Waals surface area contributed by atoms with Gasteiger partial charge in [-0.05, 0) is 51.0 Å². The lowest BCUT2D eigenvalue weighted by atomic mass is 9.97. The topological polar surface area (TPSA) is 45.4 Å². The highest BCUT2D eigenvalue weighted by Crippen LogP contribution is 2.22. The van der Waals surface area contributed by atoms with Gasteiger partial charge in [0.25, 0.3) is 0 Å². The summed E-state index contributed by atoms with van der Waals surface area (Å²) in [5, 5.41) is 0. The predicted octanol–water partition coefficient (Wildman–Crippen LogP) is 1.44. The molecule has 2 rings (SSSR count). The zero-order chi connectivity index (χ0) is 12.3. The molecule has 0 aromatic carbocycles. The second kappa shape index (κ2) is 5.36. The quantitative estimate of drug-likeness (QED) is 0.859. The molecule has 4 nitrogen and oxygen atoms in total. The monoisotopic (exact) mass is 234 g/mol. The Balaban J connectivity index is 1.93. The Morgan fingerprint density at radius 2 is 2.18 bits per heavy atom. The standard InChI is InChI=1S/C13H22N4/c1-16-8-5-11(6-9-16)10-17(2)13-12(14)4-3-7-15-13/h3-4,7,11H,5-6,8-10,14H2,1-2H3. The van der Waals surface area contributed by atoms with E-state index in [0.29, 0.717) is 0 Å². The van der Waals surface area contributed by atoms with Crippen LogP contribution in [0.3, 0.4) is 0 Å². The first kappa shape index (κ1) is 12.2. The van der Waals surface area contributed by atoms with E-state index in [4.69, 9.17) is 5.73 Å². The lowest BCUT2D eigenvalue weighted by molar-refractivity contribution is 0.222. The molecule has 94 valence electrons. The molecule has 1 aliphatic heterocycles. The number of rotatable bonds is 3. The number of hydrogen-bond acceptors (Lipinski definition) is 4. The average molecular weight is 234 g/mol. The molecule has 1 aromatic heterocycles. The Labute approximate surface area is 103 Å². The highest BCUT2D eigenvalue weighted by atomic mass is 15.2. The molecule has 0 radical (unpaired) electrons. The van der Waals surface area contributed by atoms with Crippen molar-refractivity contribution in [2.24, 2.45) is 5.92 Å². The fourth-order valence-corrected chi connectivity index (χ4v) is 2.45. The van der Waals surface area contributed by atoms with Gasteiger partial charge in [-0.3, -0.25) is 0 Å². The maximum atomic E-state index is 5.94. The largest absolute Gasteiger partial charge is 0.396 e. The van der Waals surface area contributed by atoms with Gasteiger partial charge in [-0.15, -0.1) is 0 Å². The Morgan fingerprint density at radius 3 is 2.82 bits per heavy atom. The van der Waals surface area contributed by atoms with Crippen molar-refractivity contribution in [3.8, 4) is 0 Å². The third-order valence-electron chi connectivity index (χ3n) is 3.55. The van der Waals surface area contributed by atoms with Crippen LogP contribution in [-0.4, -0.2) is 43.6 Å². The highest BCUT2D eigenvalue weighted by molar-refractivity contribution is 5.61. The lowest BCUT2D eigenvalue weighted by Crippen LogP contribution is -2.36. The first-order chi connectivity index (χ1) is 8.16. The van der Waals surface area contributed by atoms with Gasteiger partial charge in [0.15, 0.2) is 5.82 Å². The van der Waals surface area contributed by atoms with Crippen LogP contribution in [0.15, 0.2) is 18.3 Å². The molecule has 0 amide bonds. The van der Waals surface area contributed by atoms with Crippen LogP contribution in [0.2, 0.25) is 0 Å². The molecule has 1 saturated heterocycles. The molecule has 0 spiro atoms. The molecule has 0 aliphatic carbocycles.